The quantitative estimate of drug-likeness (QED) is 0.815. The highest BCUT2D eigenvalue weighted by molar-refractivity contribution is 5.91. The fraction of sp³-hybridized carbons (Fsp3) is 0.188. The Bertz CT molecular complexity index is 721. The second-order valence-corrected chi connectivity index (χ2v) is 5.07. The summed E-state index contributed by atoms with van der Waals surface area (Å²) in [5.74, 6) is -3.88. The minimum absolute atomic E-state index is 0.0586. The smallest absolute Gasteiger partial charge is 0.279 e. The van der Waals surface area contributed by atoms with E-state index < -0.39 is 35.2 Å². The summed E-state index contributed by atoms with van der Waals surface area (Å²) in [5.41, 5.74) is 0.398. The van der Waals surface area contributed by atoms with Gasteiger partial charge in [-0.2, -0.15) is 0 Å². The standard InChI is InChI=1S/C16H14F4N2O/c1-9(12-4-2-10(17)6-14(12)19)21-8-16(23)22-11-3-5-13(18)15(20)7-11/h2-7,9,21H,8H2,1H3,(H,22,23)/p+1/t9-/m1/s1. The molecule has 3 N–H and O–H groups in total. The van der Waals surface area contributed by atoms with Gasteiger partial charge in [0.05, 0.1) is 0 Å². The van der Waals surface area contributed by atoms with Crippen LogP contribution in [0.4, 0.5) is 23.2 Å². The molecule has 0 aliphatic carbocycles. The van der Waals surface area contributed by atoms with Crippen molar-refractivity contribution < 1.29 is 27.7 Å². The van der Waals surface area contributed by atoms with Gasteiger partial charge in [0, 0.05) is 23.4 Å². The van der Waals surface area contributed by atoms with Gasteiger partial charge >= 0.3 is 0 Å². The first kappa shape index (κ1) is 17.0. The molecule has 0 aliphatic heterocycles. The molecule has 23 heavy (non-hydrogen) atoms. The van der Waals surface area contributed by atoms with E-state index in [-0.39, 0.29) is 17.8 Å². The van der Waals surface area contributed by atoms with Gasteiger partial charge in [0.1, 0.15) is 17.7 Å². The molecule has 1 amide bonds. The van der Waals surface area contributed by atoms with Crippen molar-refractivity contribution >= 4 is 11.6 Å². The molecule has 0 saturated heterocycles. The number of hydrogen-bond donors (Lipinski definition) is 2. The van der Waals surface area contributed by atoms with Gasteiger partial charge in [-0.05, 0) is 31.2 Å². The summed E-state index contributed by atoms with van der Waals surface area (Å²) in [6, 6.07) is 5.84. The summed E-state index contributed by atoms with van der Waals surface area (Å²) < 4.78 is 52.3. The van der Waals surface area contributed by atoms with Crippen LogP contribution in [-0.2, 0) is 4.79 Å². The zero-order valence-corrected chi connectivity index (χ0v) is 12.2. The molecular weight excluding hydrogens is 312 g/mol. The largest absolute Gasteiger partial charge is 0.332 e. The molecule has 1 atom stereocenters. The molecule has 0 unspecified atom stereocenters. The van der Waals surface area contributed by atoms with Crippen molar-refractivity contribution in [1.82, 2.24) is 0 Å². The Morgan fingerprint density at radius 3 is 2.43 bits per heavy atom. The van der Waals surface area contributed by atoms with Crippen molar-refractivity contribution in [1.29, 1.82) is 0 Å². The lowest BCUT2D eigenvalue weighted by Crippen LogP contribution is -2.86. The molecule has 0 fully saturated rings. The highest BCUT2D eigenvalue weighted by atomic mass is 19.2. The normalized spacial score (nSPS) is 12.0. The van der Waals surface area contributed by atoms with Gasteiger partial charge in [-0.15, -0.1) is 0 Å². The van der Waals surface area contributed by atoms with E-state index in [0.29, 0.717) is 0 Å². The number of carbonyl (C=O) groups is 1. The van der Waals surface area contributed by atoms with Crippen LogP contribution in [0.2, 0.25) is 0 Å². The number of carbonyl (C=O) groups excluding carboxylic acids is 1. The van der Waals surface area contributed by atoms with Crippen molar-refractivity contribution in [3.8, 4) is 0 Å². The van der Waals surface area contributed by atoms with E-state index in [1.165, 1.54) is 12.1 Å². The van der Waals surface area contributed by atoms with Gasteiger partial charge in [0.25, 0.3) is 5.91 Å². The SMILES string of the molecule is C[C@@H]([NH2+]CC(=O)Nc1ccc(F)c(F)c1)c1ccc(F)cc1F. The molecule has 0 radical (unpaired) electrons. The molecule has 0 heterocycles. The third-order valence-electron chi connectivity index (χ3n) is 3.31. The van der Waals surface area contributed by atoms with Crippen LogP contribution in [0.3, 0.4) is 0 Å². The number of quaternary nitrogens is 1. The Morgan fingerprint density at radius 1 is 1.04 bits per heavy atom. The molecule has 2 rings (SSSR count). The van der Waals surface area contributed by atoms with Gasteiger partial charge in [-0.3, -0.25) is 4.79 Å². The molecule has 2 aromatic rings. The Morgan fingerprint density at radius 2 is 1.78 bits per heavy atom. The number of rotatable bonds is 5. The van der Waals surface area contributed by atoms with E-state index in [1.807, 2.05) is 0 Å². The van der Waals surface area contributed by atoms with Crippen molar-refractivity contribution in [3.05, 3.63) is 65.2 Å². The van der Waals surface area contributed by atoms with E-state index in [2.05, 4.69) is 5.32 Å². The van der Waals surface area contributed by atoms with Crippen LogP contribution in [0.1, 0.15) is 18.5 Å². The number of nitrogens with one attached hydrogen (secondary N) is 1. The Hall–Kier alpha value is -2.41. The van der Waals surface area contributed by atoms with E-state index in [4.69, 9.17) is 0 Å². The van der Waals surface area contributed by atoms with Crippen LogP contribution >= 0.6 is 0 Å². The fourth-order valence-electron chi connectivity index (χ4n) is 2.07. The van der Waals surface area contributed by atoms with Gasteiger partial charge in [-0.1, -0.05) is 0 Å². The van der Waals surface area contributed by atoms with Crippen LogP contribution in [-0.4, -0.2) is 12.5 Å². The van der Waals surface area contributed by atoms with E-state index in [1.54, 1.807) is 12.2 Å². The van der Waals surface area contributed by atoms with Crippen molar-refractivity contribution in [3.63, 3.8) is 0 Å². The Balaban J connectivity index is 1.91. The first-order valence-electron chi connectivity index (χ1n) is 6.90. The topological polar surface area (TPSA) is 45.7 Å². The second kappa shape index (κ2) is 7.23. The molecule has 122 valence electrons. The maximum atomic E-state index is 13.6. The summed E-state index contributed by atoms with van der Waals surface area (Å²) in [7, 11) is 0. The lowest BCUT2D eigenvalue weighted by molar-refractivity contribution is -0.682. The molecule has 7 heteroatoms. The minimum atomic E-state index is -1.06. The summed E-state index contributed by atoms with van der Waals surface area (Å²) >= 11 is 0. The first-order chi connectivity index (χ1) is 10.9. The minimum Gasteiger partial charge on any atom is -0.332 e. The van der Waals surface area contributed by atoms with Crippen molar-refractivity contribution in [2.24, 2.45) is 0 Å². The Kier molecular flexibility index (Phi) is 5.33. The monoisotopic (exact) mass is 327 g/mol. The fourth-order valence-corrected chi connectivity index (χ4v) is 2.07. The molecule has 0 aromatic heterocycles. The first-order valence-corrected chi connectivity index (χ1v) is 6.90. The van der Waals surface area contributed by atoms with Crippen LogP contribution in [0.25, 0.3) is 0 Å². The zero-order valence-electron chi connectivity index (χ0n) is 12.2. The van der Waals surface area contributed by atoms with E-state index in [0.717, 1.165) is 24.3 Å². The third-order valence-corrected chi connectivity index (χ3v) is 3.31. The second-order valence-electron chi connectivity index (χ2n) is 5.07. The average Bonchev–Trinajstić information content (AvgIpc) is 2.48. The maximum Gasteiger partial charge on any atom is 0.279 e. The number of halogens is 4. The van der Waals surface area contributed by atoms with E-state index in [9.17, 15) is 22.4 Å². The molecule has 0 aliphatic rings. The summed E-state index contributed by atoms with van der Waals surface area (Å²) in [4.78, 5) is 11.8. The maximum absolute atomic E-state index is 13.6. The number of hydrogen-bond acceptors (Lipinski definition) is 1. The highest BCUT2D eigenvalue weighted by Crippen LogP contribution is 2.15. The lowest BCUT2D eigenvalue weighted by atomic mass is 10.1. The van der Waals surface area contributed by atoms with Crippen LogP contribution in [0.15, 0.2) is 36.4 Å². The van der Waals surface area contributed by atoms with Crippen LogP contribution in [0, 0.1) is 23.3 Å². The Labute approximate surface area is 130 Å². The number of nitrogens with two attached hydrogens (primary N) is 1. The highest BCUT2D eigenvalue weighted by Gasteiger charge is 2.16. The van der Waals surface area contributed by atoms with Crippen molar-refractivity contribution in [2.45, 2.75) is 13.0 Å². The summed E-state index contributed by atoms with van der Waals surface area (Å²) in [6.45, 7) is 1.61. The van der Waals surface area contributed by atoms with Crippen molar-refractivity contribution in [2.75, 3.05) is 11.9 Å². The summed E-state index contributed by atoms with van der Waals surface area (Å²) in [5, 5.41) is 3.96. The number of benzene rings is 2. The molecule has 0 bridgehead atoms. The molecule has 0 saturated carbocycles. The number of amides is 1. The molecule has 0 spiro atoms. The number of anilines is 1. The average molecular weight is 327 g/mol. The molecular formula is C16H15F4N2O+. The van der Waals surface area contributed by atoms with Gasteiger partial charge in [0.15, 0.2) is 18.2 Å². The predicted molar refractivity (Wildman–Crippen MR) is 76.6 cm³/mol. The predicted octanol–water partition coefficient (Wildman–Crippen LogP) is 2.51. The zero-order chi connectivity index (χ0) is 17.0. The van der Waals surface area contributed by atoms with Gasteiger partial charge < -0.3 is 10.6 Å². The van der Waals surface area contributed by atoms with Gasteiger partial charge in [0.2, 0.25) is 0 Å². The summed E-state index contributed by atoms with van der Waals surface area (Å²) in [6.07, 6.45) is 0. The van der Waals surface area contributed by atoms with Gasteiger partial charge in [-0.25, -0.2) is 17.6 Å². The molecule has 3 nitrogen and oxygen atoms in total. The lowest BCUT2D eigenvalue weighted by Gasteiger charge is -2.12. The third kappa shape index (κ3) is 4.53. The van der Waals surface area contributed by atoms with Crippen LogP contribution in [0.5, 0.6) is 0 Å². The van der Waals surface area contributed by atoms with E-state index >= 15 is 0 Å². The van der Waals surface area contributed by atoms with Crippen LogP contribution < -0.4 is 10.6 Å². The molecule has 2 aromatic carbocycles.